The molecule has 1 N–H and O–H groups in total. The minimum Gasteiger partial charge on any atom is -0.355 e. The van der Waals surface area contributed by atoms with Gasteiger partial charge in [0.2, 0.25) is 11.8 Å². The molecule has 0 radical (unpaired) electrons. The van der Waals surface area contributed by atoms with Crippen LogP contribution in [-0.4, -0.2) is 35.8 Å². The number of hydrogen-bond acceptors (Lipinski definition) is 2. The molecule has 1 atom stereocenters. The lowest BCUT2D eigenvalue weighted by Gasteiger charge is -2.38. The number of nitrogens with zero attached hydrogens (tertiary/aromatic N) is 1. The van der Waals surface area contributed by atoms with Gasteiger partial charge >= 0.3 is 0 Å². The van der Waals surface area contributed by atoms with Crippen molar-refractivity contribution in [1.82, 2.24) is 10.2 Å². The Hall–Kier alpha value is -1.84. The summed E-state index contributed by atoms with van der Waals surface area (Å²) in [7, 11) is 0. The minimum absolute atomic E-state index is 0.0635. The molecule has 4 nitrogen and oxygen atoms in total. The second-order valence-corrected chi connectivity index (χ2v) is 8.10. The number of carbonyl (C=O) groups excluding carboxylic acids is 2. The van der Waals surface area contributed by atoms with Crippen molar-refractivity contribution in [3.05, 3.63) is 35.9 Å². The van der Waals surface area contributed by atoms with E-state index < -0.39 is 0 Å². The summed E-state index contributed by atoms with van der Waals surface area (Å²) in [5.74, 6) is 0.0694. The number of likely N-dealkylation sites (tertiary alicyclic amines) is 1. The second-order valence-electron chi connectivity index (χ2n) is 8.10. The lowest BCUT2D eigenvalue weighted by atomic mass is 9.69. The standard InChI is InChI=1S/C21H28N2O2/c24-19-13-16(14-23(19)18-9-10-18)20(25)22-15-21(11-5-2-6-12-21)17-7-3-1-4-8-17/h1,3-4,7-8,16,18H,2,5-6,9-15H2,(H,22,25)/t16-/m0/s1. The normalized spacial score (nSPS) is 25.8. The average Bonchev–Trinajstić information content (AvgIpc) is 3.43. The number of hydrogen-bond donors (Lipinski definition) is 1. The summed E-state index contributed by atoms with van der Waals surface area (Å²) in [5.41, 5.74) is 1.41. The summed E-state index contributed by atoms with van der Waals surface area (Å²) in [6.45, 7) is 1.32. The highest BCUT2D eigenvalue weighted by Gasteiger charge is 2.42. The largest absolute Gasteiger partial charge is 0.355 e. The van der Waals surface area contributed by atoms with Gasteiger partial charge in [-0.3, -0.25) is 9.59 Å². The highest BCUT2D eigenvalue weighted by atomic mass is 16.2. The van der Waals surface area contributed by atoms with Crippen molar-refractivity contribution < 1.29 is 9.59 Å². The Morgan fingerprint density at radius 2 is 1.84 bits per heavy atom. The summed E-state index contributed by atoms with van der Waals surface area (Å²) in [6, 6.07) is 11.1. The van der Waals surface area contributed by atoms with Crippen LogP contribution in [0.15, 0.2) is 30.3 Å². The zero-order valence-electron chi connectivity index (χ0n) is 14.9. The van der Waals surface area contributed by atoms with Gasteiger partial charge in [0.1, 0.15) is 0 Å². The Morgan fingerprint density at radius 1 is 1.12 bits per heavy atom. The zero-order valence-corrected chi connectivity index (χ0v) is 14.9. The summed E-state index contributed by atoms with van der Waals surface area (Å²) in [5, 5.41) is 3.22. The van der Waals surface area contributed by atoms with E-state index in [4.69, 9.17) is 0 Å². The topological polar surface area (TPSA) is 49.4 Å². The molecule has 0 unspecified atom stereocenters. The molecule has 4 rings (SSSR count). The molecule has 4 heteroatoms. The van der Waals surface area contributed by atoms with Crippen molar-refractivity contribution in [3.63, 3.8) is 0 Å². The third-order valence-corrected chi connectivity index (χ3v) is 6.31. The van der Waals surface area contributed by atoms with Gasteiger partial charge in [0, 0.05) is 31.0 Å². The van der Waals surface area contributed by atoms with Gasteiger partial charge in [0.25, 0.3) is 0 Å². The fourth-order valence-electron chi connectivity index (χ4n) is 4.63. The molecular formula is C21H28N2O2. The Balaban J connectivity index is 1.41. The third kappa shape index (κ3) is 3.44. The van der Waals surface area contributed by atoms with Crippen LogP contribution in [0.2, 0.25) is 0 Å². The SMILES string of the molecule is O=C(NCC1(c2ccccc2)CCCCC1)[C@H]1CC(=O)N(C2CC2)C1. The van der Waals surface area contributed by atoms with Crippen LogP contribution in [-0.2, 0) is 15.0 Å². The van der Waals surface area contributed by atoms with Gasteiger partial charge in [-0.15, -0.1) is 0 Å². The summed E-state index contributed by atoms with van der Waals surface area (Å²) >= 11 is 0. The fourth-order valence-corrected chi connectivity index (χ4v) is 4.63. The van der Waals surface area contributed by atoms with Gasteiger partial charge in [0.05, 0.1) is 5.92 Å². The van der Waals surface area contributed by atoms with E-state index in [0.717, 1.165) is 25.7 Å². The first-order valence-corrected chi connectivity index (χ1v) is 9.81. The molecule has 2 saturated carbocycles. The van der Waals surface area contributed by atoms with Gasteiger partial charge in [-0.05, 0) is 31.2 Å². The smallest absolute Gasteiger partial charge is 0.225 e. The first kappa shape index (κ1) is 16.6. The van der Waals surface area contributed by atoms with Crippen LogP contribution >= 0.6 is 0 Å². The van der Waals surface area contributed by atoms with E-state index >= 15 is 0 Å². The lowest BCUT2D eigenvalue weighted by Crippen LogP contribution is -2.44. The van der Waals surface area contributed by atoms with E-state index in [1.165, 1.54) is 24.8 Å². The van der Waals surface area contributed by atoms with E-state index in [0.29, 0.717) is 25.6 Å². The van der Waals surface area contributed by atoms with Crippen LogP contribution in [0.25, 0.3) is 0 Å². The molecule has 3 aliphatic rings. The van der Waals surface area contributed by atoms with Gasteiger partial charge in [-0.25, -0.2) is 0 Å². The predicted molar refractivity (Wildman–Crippen MR) is 97.1 cm³/mol. The molecule has 1 aromatic rings. The molecule has 25 heavy (non-hydrogen) atoms. The highest BCUT2D eigenvalue weighted by molar-refractivity contribution is 5.89. The van der Waals surface area contributed by atoms with E-state index in [1.807, 2.05) is 4.90 Å². The van der Waals surface area contributed by atoms with Crippen LogP contribution in [0.1, 0.15) is 56.9 Å². The molecule has 0 aromatic heterocycles. The second kappa shape index (κ2) is 6.81. The minimum atomic E-state index is -0.162. The van der Waals surface area contributed by atoms with E-state index in [-0.39, 0.29) is 23.1 Å². The number of nitrogens with one attached hydrogen (secondary N) is 1. The van der Waals surface area contributed by atoms with Crippen molar-refractivity contribution >= 4 is 11.8 Å². The summed E-state index contributed by atoms with van der Waals surface area (Å²) < 4.78 is 0. The van der Waals surface area contributed by atoms with Crippen molar-refractivity contribution in [2.75, 3.05) is 13.1 Å². The molecule has 0 spiro atoms. The van der Waals surface area contributed by atoms with Crippen molar-refractivity contribution in [2.24, 2.45) is 5.92 Å². The van der Waals surface area contributed by atoms with Crippen molar-refractivity contribution in [2.45, 2.75) is 62.8 Å². The number of amides is 2. The third-order valence-electron chi connectivity index (χ3n) is 6.31. The Morgan fingerprint density at radius 3 is 2.52 bits per heavy atom. The first-order chi connectivity index (χ1) is 12.2. The molecule has 2 aliphatic carbocycles. The molecular weight excluding hydrogens is 312 g/mol. The van der Waals surface area contributed by atoms with Gasteiger partial charge in [-0.2, -0.15) is 0 Å². The molecule has 3 fully saturated rings. The fraction of sp³-hybridized carbons (Fsp3) is 0.619. The zero-order chi connectivity index (χ0) is 17.3. The molecule has 1 aromatic carbocycles. The average molecular weight is 340 g/mol. The summed E-state index contributed by atoms with van der Waals surface area (Å²) in [6.07, 6.45) is 8.61. The molecule has 1 aliphatic heterocycles. The monoisotopic (exact) mass is 340 g/mol. The maximum atomic E-state index is 12.7. The van der Waals surface area contributed by atoms with E-state index in [9.17, 15) is 9.59 Å². The number of carbonyl (C=O) groups is 2. The van der Waals surface area contributed by atoms with Gasteiger partial charge in [0.15, 0.2) is 0 Å². The molecule has 1 heterocycles. The van der Waals surface area contributed by atoms with Crippen LogP contribution < -0.4 is 5.32 Å². The maximum Gasteiger partial charge on any atom is 0.225 e. The maximum absolute atomic E-state index is 12.7. The predicted octanol–water partition coefficient (Wildman–Crippen LogP) is 3.02. The Bertz CT molecular complexity index is 633. The molecule has 2 amide bonds. The van der Waals surface area contributed by atoms with Crippen LogP contribution in [0.3, 0.4) is 0 Å². The number of rotatable bonds is 5. The summed E-state index contributed by atoms with van der Waals surface area (Å²) in [4.78, 5) is 26.7. The number of benzene rings is 1. The van der Waals surface area contributed by atoms with Crippen LogP contribution in [0.4, 0.5) is 0 Å². The molecule has 0 bridgehead atoms. The molecule has 134 valence electrons. The Kier molecular flexibility index (Phi) is 4.53. The lowest BCUT2D eigenvalue weighted by molar-refractivity contribution is -0.129. The van der Waals surface area contributed by atoms with Gasteiger partial charge in [-0.1, -0.05) is 49.6 Å². The van der Waals surface area contributed by atoms with Gasteiger partial charge < -0.3 is 10.2 Å². The van der Waals surface area contributed by atoms with Crippen molar-refractivity contribution in [1.29, 1.82) is 0 Å². The van der Waals surface area contributed by atoms with Crippen LogP contribution in [0, 0.1) is 5.92 Å². The highest BCUT2D eigenvalue weighted by Crippen LogP contribution is 2.39. The Labute approximate surface area is 150 Å². The quantitative estimate of drug-likeness (QED) is 0.896. The van der Waals surface area contributed by atoms with Crippen LogP contribution in [0.5, 0.6) is 0 Å². The van der Waals surface area contributed by atoms with E-state index in [2.05, 4.69) is 35.6 Å². The van der Waals surface area contributed by atoms with E-state index in [1.54, 1.807) is 0 Å². The molecule has 1 saturated heterocycles. The van der Waals surface area contributed by atoms with Crippen molar-refractivity contribution in [3.8, 4) is 0 Å². The first-order valence-electron chi connectivity index (χ1n) is 9.81.